The number of aryl methyl sites for hydroxylation is 1. The second kappa shape index (κ2) is 9.55. The van der Waals surface area contributed by atoms with Crippen molar-refractivity contribution in [3.8, 4) is 0 Å². The van der Waals surface area contributed by atoms with Gasteiger partial charge in [0.05, 0.1) is 12.9 Å². The summed E-state index contributed by atoms with van der Waals surface area (Å²) in [5, 5.41) is 12.0. The lowest BCUT2D eigenvalue weighted by molar-refractivity contribution is -0.144. The zero-order valence-corrected chi connectivity index (χ0v) is 16.2. The summed E-state index contributed by atoms with van der Waals surface area (Å²) in [4.78, 5) is 24.4. The Labute approximate surface area is 162 Å². The van der Waals surface area contributed by atoms with E-state index < -0.39 is 12.0 Å². The Morgan fingerprint density at radius 1 is 1.22 bits per heavy atom. The van der Waals surface area contributed by atoms with Gasteiger partial charge in [-0.15, -0.1) is 10.2 Å². The van der Waals surface area contributed by atoms with Crippen molar-refractivity contribution in [1.82, 2.24) is 20.1 Å². The maximum atomic E-state index is 12.4. The molecule has 0 bridgehead atoms. The number of aromatic nitrogens is 3. The molecule has 0 aliphatic carbocycles. The zero-order chi connectivity index (χ0) is 19.1. The summed E-state index contributed by atoms with van der Waals surface area (Å²) in [5.74, 6) is 0.498. The highest BCUT2D eigenvalue weighted by atomic mass is 32.2. The second-order valence-electron chi connectivity index (χ2n) is 6.48. The van der Waals surface area contributed by atoms with Crippen molar-refractivity contribution in [3.63, 3.8) is 0 Å². The number of carbonyl (C=O) groups excluding carboxylic acids is 2. The van der Waals surface area contributed by atoms with Crippen LogP contribution in [0.2, 0.25) is 0 Å². The molecule has 1 aromatic carbocycles. The van der Waals surface area contributed by atoms with Gasteiger partial charge in [-0.3, -0.25) is 4.79 Å². The monoisotopic (exact) mass is 388 g/mol. The molecular formula is C19H24N4O3S. The maximum Gasteiger partial charge on any atom is 0.328 e. The third-order valence-electron chi connectivity index (χ3n) is 4.51. The Balaban J connectivity index is 1.58. The van der Waals surface area contributed by atoms with Gasteiger partial charge in [0.1, 0.15) is 11.9 Å². The molecule has 2 heterocycles. The molecule has 2 aromatic rings. The molecule has 7 nitrogen and oxygen atoms in total. The van der Waals surface area contributed by atoms with E-state index in [4.69, 9.17) is 4.74 Å². The van der Waals surface area contributed by atoms with E-state index in [1.54, 1.807) is 0 Å². The topological polar surface area (TPSA) is 86.1 Å². The lowest BCUT2D eigenvalue weighted by Gasteiger charge is -2.16. The summed E-state index contributed by atoms with van der Waals surface area (Å²) in [6.07, 6.45) is 4.75. The van der Waals surface area contributed by atoms with E-state index in [1.807, 2.05) is 30.3 Å². The Bertz CT molecular complexity index is 779. The van der Waals surface area contributed by atoms with Gasteiger partial charge in [0.15, 0.2) is 5.16 Å². The first-order valence-corrected chi connectivity index (χ1v) is 10.1. The first kappa shape index (κ1) is 19.4. The number of carbonyl (C=O) groups is 2. The molecule has 1 atom stereocenters. The number of nitrogens with zero attached hydrogens (tertiary/aromatic N) is 3. The van der Waals surface area contributed by atoms with Crippen LogP contribution < -0.4 is 5.32 Å². The van der Waals surface area contributed by atoms with E-state index in [0.717, 1.165) is 42.4 Å². The van der Waals surface area contributed by atoms with Crippen molar-refractivity contribution in [1.29, 1.82) is 0 Å². The van der Waals surface area contributed by atoms with Crippen LogP contribution >= 0.6 is 11.8 Å². The lowest BCUT2D eigenvalue weighted by Crippen LogP contribution is -2.43. The molecule has 27 heavy (non-hydrogen) atoms. The second-order valence-corrected chi connectivity index (χ2v) is 7.43. The molecule has 1 amide bonds. The number of rotatable bonds is 7. The highest BCUT2D eigenvalue weighted by molar-refractivity contribution is 7.99. The van der Waals surface area contributed by atoms with Gasteiger partial charge in [-0.25, -0.2) is 4.79 Å². The number of esters is 1. The molecule has 1 aromatic heterocycles. The standard InChI is InChI=1S/C19H24N4O3S/c1-26-18(25)15(12-14-8-4-2-5-9-14)20-17(24)13-27-19-22-21-16-10-6-3-7-11-23(16)19/h2,4-5,8-9,15H,3,6-7,10-13H2,1H3,(H,20,24)/t15-/m1/s1. The Kier molecular flexibility index (Phi) is 6.86. The number of thioether (sulfide) groups is 1. The molecule has 3 rings (SSSR count). The summed E-state index contributed by atoms with van der Waals surface area (Å²) in [6.45, 7) is 0.894. The average Bonchev–Trinajstić information content (AvgIpc) is 2.92. The molecular weight excluding hydrogens is 364 g/mol. The van der Waals surface area contributed by atoms with Crippen molar-refractivity contribution < 1.29 is 14.3 Å². The third kappa shape index (κ3) is 5.32. The lowest BCUT2D eigenvalue weighted by atomic mass is 10.1. The van der Waals surface area contributed by atoms with Crippen LogP contribution in [-0.2, 0) is 33.7 Å². The summed E-state index contributed by atoms with van der Waals surface area (Å²) in [5.41, 5.74) is 0.962. The van der Waals surface area contributed by atoms with E-state index in [2.05, 4.69) is 20.1 Å². The predicted molar refractivity (Wildman–Crippen MR) is 102 cm³/mol. The Hall–Kier alpha value is -2.35. The van der Waals surface area contributed by atoms with Gasteiger partial charge in [-0.1, -0.05) is 48.5 Å². The van der Waals surface area contributed by atoms with Gasteiger partial charge < -0.3 is 14.6 Å². The molecule has 0 saturated heterocycles. The summed E-state index contributed by atoms with van der Waals surface area (Å²) in [7, 11) is 1.33. The quantitative estimate of drug-likeness (QED) is 0.577. The van der Waals surface area contributed by atoms with Gasteiger partial charge in [0.25, 0.3) is 0 Å². The largest absolute Gasteiger partial charge is 0.467 e. The van der Waals surface area contributed by atoms with Crippen LogP contribution in [0.25, 0.3) is 0 Å². The smallest absolute Gasteiger partial charge is 0.328 e. The number of hydrogen-bond acceptors (Lipinski definition) is 6. The molecule has 0 saturated carbocycles. The third-order valence-corrected chi connectivity index (χ3v) is 5.48. The fourth-order valence-corrected chi connectivity index (χ4v) is 3.91. The van der Waals surface area contributed by atoms with Crippen LogP contribution in [0.15, 0.2) is 35.5 Å². The van der Waals surface area contributed by atoms with Crippen LogP contribution in [0.3, 0.4) is 0 Å². The number of methoxy groups -OCH3 is 1. The Morgan fingerprint density at radius 3 is 2.81 bits per heavy atom. The molecule has 0 radical (unpaired) electrons. The van der Waals surface area contributed by atoms with Crippen molar-refractivity contribution in [2.45, 2.75) is 49.8 Å². The van der Waals surface area contributed by atoms with Crippen molar-refractivity contribution >= 4 is 23.6 Å². The van der Waals surface area contributed by atoms with E-state index in [0.29, 0.717) is 6.42 Å². The first-order chi connectivity index (χ1) is 13.2. The average molecular weight is 388 g/mol. The van der Waals surface area contributed by atoms with E-state index >= 15 is 0 Å². The van der Waals surface area contributed by atoms with Crippen LogP contribution in [0.1, 0.15) is 30.7 Å². The number of amides is 1. The summed E-state index contributed by atoms with van der Waals surface area (Å²) >= 11 is 1.35. The summed E-state index contributed by atoms with van der Waals surface area (Å²) < 4.78 is 6.94. The number of fused-ring (bicyclic) bond motifs is 1. The normalized spacial score (nSPS) is 14.7. The molecule has 0 fully saturated rings. The first-order valence-electron chi connectivity index (χ1n) is 9.13. The SMILES string of the molecule is COC(=O)[C@@H](Cc1ccccc1)NC(=O)CSc1nnc2n1CCCCC2. The van der Waals surface area contributed by atoms with E-state index in [-0.39, 0.29) is 11.7 Å². The minimum atomic E-state index is -0.707. The highest BCUT2D eigenvalue weighted by Crippen LogP contribution is 2.21. The van der Waals surface area contributed by atoms with Crippen LogP contribution in [0.4, 0.5) is 0 Å². The minimum absolute atomic E-state index is 0.181. The van der Waals surface area contributed by atoms with Gasteiger partial charge >= 0.3 is 5.97 Å². The number of nitrogens with one attached hydrogen (secondary N) is 1. The summed E-state index contributed by atoms with van der Waals surface area (Å²) in [6, 6.07) is 8.84. The van der Waals surface area contributed by atoms with Crippen LogP contribution in [0, 0.1) is 0 Å². The fourth-order valence-electron chi connectivity index (χ4n) is 3.12. The molecule has 1 N–H and O–H groups in total. The van der Waals surface area contributed by atoms with Crippen molar-refractivity contribution in [2.75, 3.05) is 12.9 Å². The van der Waals surface area contributed by atoms with Gasteiger partial charge in [0, 0.05) is 19.4 Å². The number of benzene rings is 1. The zero-order valence-electron chi connectivity index (χ0n) is 15.4. The molecule has 0 spiro atoms. The van der Waals surface area contributed by atoms with E-state index in [1.165, 1.54) is 25.3 Å². The van der Waals surface area contributed by atoms with Crippen LogP contribution in [0.5, 0.6) is 0 Å². The Morgan fingerprint density at radius 2 is 2.04 bits per heavy atom. The van der Waals surface area contributed by atoms with Gasteiger partial charge in [0.2, 0.25) is 5.91 Å². The van der Waals surface area contributed by atoms with Crippen LogP contribution in [-0.4, -0.2) is 45.5 Å². The molecule has 1 aliphatic rings. The van der Waals surface area contributed by atoms with Gasteiger partial charge in [-0.05, 0) is 18.4 Å². The molecule has 1 aliphatic heterocycles. The van der Waals surface area contributed by atoms with Gasteiger partial charge in [-0.2, -0.15) is 0 Å². The number of hydrogen-bond donors (Lipinski definition) is 1. The highest BCUT2D eigenvalue weighted by Gasteiger charge is 2.23. The fraction of sp³-hybridized carbons (Fsp3) is 0.474. The van der Waals surface area contributed by atoms with Crippen molar-refractivity contribution in [2.24, 2.45) is 0 Å². The van der Waals surface area contributed by atoms with E-state index in [9.17, 15) is 9.59 Å². The minimum Gasteiger partial charge on any atom is -0.467 e. The molecule has 144 valence electrons. The van der Waals surface area contributed by atoms with Crippen molar-refractivity contribution in [3.05, 3.63) is 41.7 Å². The number of ether oxygens (including phenoxy) is 1. The maximum absolute atomic E-state index is 12.4. The molecule has 8 heteroatoms. The predicted octanol–water partition coefficient (Wildman–Crippen LogP) is 2.00. The molecule has 0 unspecified atom stereocenters.